The lowest BCUT2D eigenvalue weighted by Gasteiger charge is -2.17. The Balaban J connectivity index is 2.22. The van der Waals surface area contributed by atoms with Crippen molar-refractivity contribution >= 4 is 17.0 Å². The minimum Gasteiger partial charge on any atom is -0.496 e. The number of rotatable bonds is 4. The van der Waals surface area contributed by atoms with Crippen LogP contribution < -0.4 is 16.0 Å². The number of aromatic amines is 2. The number of nitrogens with one attached hydrogen (secondary N) is 2. The summed E-state index contributed by atoms with van der Waals surface area (Å²) in [5.41, 5.74) is 7.57. The summed E-state index contributed by atoms with van der Waals surface area (Å²) in [6.07, 6.45) is 1.67. The maximum absolute atomic E-state index is 11.9. The Morgan fingerprint density at radius 2 is 2.14 bits per heavy atom. The number of methoxy groups -OCH3 is 1. The summed E-state index contributed by atoms with van der Waals surface area (Å²) in [4.78, 5) is 21.4. The fourth-order valence-corrected chi connectivity index (χ4v) is 2.64. The van der Waals surface area contributed by atoms with Gasteiger partial charge >= 0.3 is 0 Å². The molecule has 1 aromatic carbocycles. The van der Waals surface area contributed by atoms with Crippen molar-refractivity contribution in [2.75, 3.05) is 19.5 Å². The van der Waals surface area contributed by atoms with E-state index in [-0.39, 0.29) is 24.0 Å². The van der Waals surface area contributed by atoms with Crippen LogP contribution in [-0.2, 0) is 0 Å². The molecular weight excluding hydrogens is 284 g/mol. The fraction of sp³-hybridized carbons (Fsp3) is 0.200. The van der Waals surface area contributed by atoms with Crippen molar-refractivity contribution < 1.29 is 9.84 Å². The van der Waals surface area contributed by atoms with Gasteiger partial charge in [-0.15, -0.1) is 0 Å². The zero-order chi connectivity index (χ0) is 15.7. The number of benzene rings is 1. The van der Waals surface area contributed by atoms with Crippen LogP contribution in [0.3, 0.4) is 0 Å². The van der Waals surface area contributed by atoms with Crippen molar-refractivity contribution in [1.82, 2.24) is 15.0 Å². The van der Waals surface area contributed by atoms with Crippen LogP contribution >= 0.6 is 0 Å². The van der Waals surface area contributed by atoms with Gasteiger partial charge in [-0.2, -0.15) is 0 Å². The number of hydrogen-bond acceptors (Lipinski definition) is 5. The molecule has 0 amide bonds. The van der Waals surface area contributed by atoms with E-state index in [1.807, 2.05) is 24.3 Å². The number of H-pyrrole nitrogens is 2. The summed E-state index contributed by atoms with van der Waals surface area (Å²) in [5, 5.41) is 9.85. The first-order chi connectivity index (χ1) is 10.7. The van der Waals surface area contributed by atoms with Gasteiger partial charge in [0.2, 0.25) is 5.95 Å². The van der Waals surface area contributed by atoms with Crippen LogP contribution in [0.15, 0.2) is 35.3 Å². The highest BCUT2D eigenvalue weighted by Gasteiger charge is 2.22. The number of ether oxygens (including phenoxy) is 1. The molecule has 114 valence electrons. The highest BCUT2D eigenvalue weighted by atomic mass is 16.5. The third-order valence-corrected chi connectivity index (χ3v) is 3.66. The Hall–Kier alpha value is -2.80. The predicted molar refractivity (Wildman–Crippen MR) is 83.0 cm³/mol. The molecule has 0 aliphatic heterocycles. The number of hydrogen-bond donors (Lipinski definition) is 4. The van der Waals surface area contributed by atoms with E-state index in [2.05, 4.69) is 15.0 Å². The Morgan fingerprint density at radius 1 is 1.36 bits per heavy atom. The van der Waals surface area contributed by atoms with E-state index in [9.17, 15) is 9.90 Å². The second kappa shape index (κ2) is 5.53. The van der Waals surface area contributed by atoms with Gasteiger partial charge in [-0.1, -0.05) is 18.2 Å². The van der Waals surface area contributed by atoms with Crippen LogP contribution in [0.1, 0.15) is 17.0 Å². The molecule has 0 fully saturated rings. The molecule has 3 rings (SSSR count). The third-order valence-electron chi connectivity index (χ3n) is 3.66. The molecule has 2 aromatic heterocycles. The topological polar surface area (TPSA) is 117 Å². The molecule has 0 spiro atoms. The van der Waals surface area contributed by atoms with E-state index in [4.69, 9.17) is 10.5 Å². The summed E-state index contributed by atoms with van der Waals surface area (Å²) in [5.74, 6) is 0.322. The van der Waals surface area contributed by atoms with Crippen LogP contribution in [0.4, 0.5) is 5.95 Å². The number of aromatic nitrogens is 3. The fourth-order valence-electron chi connectivity index (χ4n) is 2.64. The minimum atomic E-state index is -0.376. The Bertz CT molecular complexity index is 869. The lowest BCUT2D eigenvalue weighted by atomic mass is 9.92. The minimum absolute atomic E-state index is 0.0371. The molecule has 7 nitrogen and oxygen atoms in total. The number of nitrogens with zero attached hydrogens (tertiary/aromatic N) is 1. The average Bonchev–Trinajstić information content (AvgIpc) is 2.93. The standard InChI is InChI=1S/C15H16N4O3/c1-22-11-5-3-2-4-8(11)10(7-20)9-6-17-13-12(9)18-15(16)19-14(13)21/h2-6,10,17,20H,7H2,1H3,(H3,16,18,19,21). The van der Waals surface area contributed by atoms with Gasteiger partial charge in [0.05, 0.1) is 13.7 Å². The van der Waals surface area contributed by atoms with Crippen LogP contribution in [0.2, 0.25) is 0 Å². The van der Waals surface area contributed by atoms with Crippen LogP contribution in [-0.4, -0.2) is 33.8 Å². The zero-order valence-electron chi connectivity index (χ0n) is 12.0. The van der Waals surface area contributed by atoms with E-state index in [1.165, 1.54) is 0 Å². The normalized spacial score (nSPS) is 12.5. The summed E-state index contributed by atoms with van der Waals surface area (Å²) in [7, 11) is 1.57. The Kier molecular flexibility index (Phi) is 3.56. The van der Waals surface area contributed by atoms with Gasteiger partial charge in [0.15, 0.2) is 0 Å². The maximum Gasteiger partial charge on any atom is 0.276 e. The average molecular weight is 300 g/mol. The number of nitrogens with two attached hydrogens (primary N) is 1. The summed E-state index contributed by atoms with van der Waals surface area (Å²) in [6, 6.07) is 7.41. The molecule has 0 aliphatic rings. The summed E-state index contributed by atoms with van der Waals surface area (Å²) in [6.45, 7) is -0.151. The molecule has 22 heavy (non-hydrogen) atoms. The van der Waals surface area contributed by atoms with E-state index in [1.54, 1.807) is 13.3 Å². The molecule has 2 heterocycles. The van der Waals surface area contributed by atoms with Crippen LogP contribution in [0.5, 0.6) is 5.75 Å². The van der Waals surface area contributed by atoms with Gasteiger partial charge in [-0.3, -0.25) is 9.78 Å². The van der Waals surface area contributed by atoms with Crippen molar-refractivity contribution in [2.45, 2.75) is 5.92 Å². The van der Waals surface area contributed by atoms with E-state index < -0.39 is 0 Å². The number of nitrogen functional groups attached to an aromatic ring is 1. The number of fused-ring (bicyclic) bond motifs is 1. The Labute approximate surface area is 125 Å². The number of para-hydroxylation sites is 1. The first kappa shape index (κ1) is 14.2. The van der Waals surface area contributed by atoms with Gasteiger partial charge in [-0.25, -0.2) is 4.98 Å². The predicted octanol–water partition coefficient (Wildman–Crippen LogP) is 0.966. The molecule has 0 saturated heterocycles. The first-order valence-corrected chi connectivity index (χ1v) is 6.76. The maximum atomic E-state index is 11.9. The van der Waals surface area contributed by atoms with Crippen molar-refractivity contribution in [2.24, 2.45) is 0 Å². The summed E-state index contributed by atoms with van der Waals surface area (Å²) >= 11 is 0. The van der Waals surface area contributed by atoms with Crippen LogP contribution in [0.25, 0.3) is 11.0 Å². The molecule has 0 bridgehead atoms. The highest BCUT2D eigenvalue weighted by molar-refractivity contribution is 5.80. The first-order valence-electron chi connectivity index (χ1n) is 6.76. The molecular formula is C15H16N4O3. The molecule has 1 unspecified atom stereocenters. The van der Waals surface area contributed by atoms with Crippen molar-refractivity contribution in [3.63, 3.8) is 0 Å². The number of aliphatic hydroxyl groups is 1. The molecule has 0 aliphatic carbocycles. The summed E-state index contributed by atoms with van der Waals surface area (Å²) < 4.78 is 5.35. The third kappa shape index (κ3) is 2.21. The van der Waals surface area contributed by atoms with E-state index in [0.717, 1.165) is 5.56 Å². The lowest BCUT2D eigenvalue weighted by Crippen LogP contribution is -2.12. The molecule has 1 atom stereocenters. The van der Waals surface area contributed by atoms with Crippen LogP contribution in [0, 0.1) is 0 Å². The second-order valence-corrected chi connectivity index (χ2v) is 4.90. The second-order valence-electron chi connectivity index (χ2n) is 4.90. The zero-order valence-corrected chi connectivity index (χ0v) is 12.0. The molecule has 5 N–H and O–H groups in total. The van der Waals surface area contributed by atoms with E-state index in [0.29, 0.717) is 22.3 Å². The smallest absolute Gasteiger partial charge is 0.276 e. The highest BCUT2D eigenvalue weighted by Crippen LogP contribution is 2.34. The largest absolute Gasteiger partial charge is 0.496 e. The molecule has 0 radical (unpaired) electrons. The Morgan fingerprint density at radius 3 is 2.86 bits per heavy atom. The number of aliphatic hydroxyl groups excluding tert-OH is 1. The van der Waals surface area contributed by atoms with E-state index >= 15 is 0 Å². The van der Waals surface area contributed by atoms with Crippen molar-refractivity contribution in [1.29, 1.82) is 0 Å². The van der Waals surface area contributed by atoms with Crippen molar-refractivity contribution in [3.05, 3.63) is 51.9 Å². The van der Waals surface area contributed by atoms with Gasteiger partial charge in [0.1, 0.15) is 16.8 Å². The molecule has 3 aromatic rings. The number of anilines is 1. The quantitative estimate of drug-likeness (QED) is 0.572. The molecule has 7 heteroatoms. The van der Waals surface area contributed by atoms with Gasteiger partial charge < -0.3 is 20.6 Å². The lowest BCUT2D eigenvalue weighted by molar-refractivity contribution is 0.278. The van der Waals surface area contributed by atoms with Gasteiger partial charge in [-0.05, 0) is 6.07 Å². The van der Waals surface area contributed by atoms with Gasteiger partial charge in [0, 0.05) is 23.2 Å². The molecule has 0 saturated carbocycles. The van der Waals surface area contributed by atoms with Crippen molar-refractivity contribution in [3.8, 4) is 5.75 Å². The SMILES string of the molecule is COc1ccccc1C(CO)c1c[nH]c2c(=O)[nH]c(N)nc12. The van der Waals surface area contributed by atoms with Gasteiger partial charge in [0.25, 0.3) is 5.56 Å². The monoisotopic (exact) mass is 300 g/mol.